The maximum atomic E-state index is 11.9. The van der Waals surface area contributed by atoms with Gasteiger partial charge in [-0.1, -0.05) is 6.07 Å². The van der Waals surface area contributed by atoms with E-state index < -0.39 is 16.7 Å². The molecule has 0 saturated heterocycles. The van der Waals surface area contributed by atoms with Crippen LogP contribution in [-0.4, -0.2) is 21.7 Å². The van der Waals surface area contributed by atoms with E-state index in [1.165, 1.54) is 12.1 Å². The van der Waals surface area contributed by atoms with Crippen molar-refractivity contribution in [2.24, 2.45) is 5.14 Å². The van der Waals surface area contributed by atoms with Gasteiger partial charge in [0.2, 0.25) is 10.0 Å². The van der Waals surface area contributed by atoms with Crippen molar-refractivity contribution in [3.05, 3.63) is 23.8 Å². The molecule has 2 N–H and O–H groups in total. The van der Waals surface area contributed by atoms with Crippen molar-refractivity contribution in [3.8, 4) is 5.75 Å². The number of benzene rings is 1. The molecule has 0 heterocycles. The van der Waals surface area contributed by atoms with Crippen LogP contribution in [0.15, 0.2) is 23.1 Å². The second-order valence-electron chi connectivity index (χ2n) is 3.39. The first-order valence-electron chi connectivity index (χ1n) is 4.77. The molecule has 0 bridgehead atoms. The van der Waals surface area contributed by atoms with Crippen molar-refractivity contribution in [3.63, 3.8) is 0 Å². The molecule has 0 aromatic heterocycles. The number of ether oxygens (including phenoxy) is 1. The van der Waals surface area contributed by atoms with Crippen LogP contribution in [0.4, 0.5) is 4.39 Å². The molecule has 0 aliphatic heterocycles. The van der Waals surface area contributed by atoms with E-state index in [1.807, 2.05) is 0 Å². The molecule has 1 rings (SSSR count). The summed E-state index contributed by atoms with van der Waals surface area (Å²) in [6.45, 7) is 1.37. The molecule has 0 amide bonds. The monoisotopic (exact) mass is 247 g/mol. The Hall–Kier alpha value is -1.14. The van der Waals surface area contributed by atoms with Gasteiger partial charge >= 0.3 is 0 Å². The van der Waals surface area contributed by atoms with Crippen molar-refractivity contribution >= 4 is 10.0 Å². The fourth-order valence-electron chi connectivity index (χ4n) is 1.19. The van der Waals surface area contributed by atoms with Crippen molar-refractivity contribution in [1.82, 2.24) is 0 Å². The summed E-state index contributed by atoms with van der Waals surface area (Å²) in [5, 5.41) is 5.05. The molecule has 0 radical (unpaired) electrons. The third-order valence-electron chi connectivity index (χ3n) is 1.94. The zero-order chi connectivity index (χ0) is 12.2. The van der Waals surface area contributed by atoms with Gasteiger partial charge in [0, 0.05) is 6.42 Å². The highest BCUT2D eigenvalue weighted by Gasteiger charge is 2.15. The molecule has 0 atom stereocenters. The van der Waals surface area contributed by atoms with Crippen LogP contribution < -0.4 is 9.88 Å². The van der Waals surface area contributed by atoms with E-state index >= 15 is 0 Å². The van der Waals surface area contributed by atoms with Crippen molar-refractivity contribution in [1.29, 1.82) is 0 Å². The summed E-state index contributed by atoms with van der Waals surface area (Å²) in [7, 11) is -3.81. The molecule has 16 heavy (non-hydrogen) atoms. The Morgan fingerprint density at radius 1 is 1.44 bits per heavy atom. The highest BCUT2D eigenvalue weighted by atomic mass is 32.2. The van der Waals surface area contributed by atoms with Crippen LogP contribution in [0.3, 0.4) is 0 Å². The van der Waals surface area contributed by atoms with Crippen LogP contribution in [0.25, 0.3) is 0 Å². The molecule has 0 saturated carbocycles. The Morgan fingerprint density at radius 3 is 2.69 bits per heavy atom. The van der Waals surface area contributed by atoms with Crippen LogP contribution in [-0.2, 0) is 10.0 Å². The number of alkyl halides is 1. The molecule has 90 valence electrons. The first-order chi connectivity index (χ1) is 7.45. The Labute approximate surface area is 94.3 Å². The van der Waals surface area contributed by atoms with Gasteiger partial charge in [0.1, 0.15) is 10.6 Å². The van der Waals surface area contributed by atoms with Gasteiger partial charge in [-0.25, -0.2) is 13.6 Å². The fraction of sp³-hybridized carbons (Fsp3) is 0.400. The number of sulfonamides is 1. The van der Waals surface area contributed by atoms with Gasteiger partial charge in [0.15, 0.2) is 0 Å². The molecule has 1 aromatic rings. The van der Waals surface area contributed by atoms with Crippen molar-refractivity contribution in [2.45, 2.75) is 18.2 Å². The summed E-state index contributed by atoms with van der Waals surface area (Å²) in [4.78, 5) is -0.0636. The minimum atomic E-state index is -3.81. The van der Waals surface area contributed by atoms with E-state index in [0.717, 1.165) is 5.56 Å². The predicted octanol–water partition coefficient (Wildman–Crippen LogP) is 1.38. The minimum absolute atomic E-state index is 0.0636. The summed E-state index contributed by atoms with van der Waals surface area (Å²) in [5.41, 5.74) is 0.766. The third-order valence-corrected chi connectivity index (χ3v) is 2.87. The predicted molar refractivity (Wildman–Crippen MR) is 58.6 cm³/mol. The summed E-state index contributed by atoms with van der Waals surface area (Å²) < 4.78 is 39.6. The third kappa shape index (κ3) is 3.46. The van der Waals surface area contributed by atoms with Crippen LogP contribution >= 0.6 is 0 Å². The highest BCUT2D eigenvalue weighted by Crippen LogP contribution is 2.23. The highest BCUT2D eigenvalue weighted by molar-refractivity contribution is 7.89. The first kappa shape index (κ1) is 12.9. The molecule has 0 spiro atoms. The number of hydrogen-bond acceptors (Lipinski definition) is 3. The zero-order valence-electron chi connectivity index (χ0n) is 8.94. The quantitative estimate of drug-likeness (QED) is 0.799. The molecule has 0 unspecified atom stereocenters. The summed E-state index contributed by atoms with van der Waals surface area (Å²) in [6.07, 6.45) is 0.220. The van der Waals surface area contributed by atoms with Crippen LogP contribution in [0.1, 0.15) is 12.0 Å². The lowest BCUT2D eigenvalue weighted by atomic mass is 10.2. The van der Waals surface area contributed by atoms with Gasteiger partial charge in [-0.05, 0) is 24.6 Å². The first-order valence-corrected chi connectivity index (χ1v) is 6.32. The molecule has 4 nitrogen and oxygen atoms in total. The summed E-state index contributed by atoms with van der Waals surface area (Å²) in [6, 6.07) is 4.66. The maximum Gasteiger partial charge on any atom is 0.241 e. The van der Waals surface area contributed by atoms with Gasteiger partial charge in [0.25, 0.3) is 0 Å². The zero-order valence-corrected chi connectivity index (χ0v) is 9.76. The van der Waals surface area contributed by atoms with Crippen molar-refractivity contribution < 1.29 is 17.5 Å². The SMILES string of the molecule is Cc1ccc(OCCCF)c(S(N)(=O)=O)c1. The summed E-state index contributed by atoms with van der Waals surface area (Å²) in [5.74, 6) is 0.168. The Morgan fingerprint density at radius 2 is 2.12 bits per heavy atom. The lowest BCUT2D eigenvalue weighted by Gasteiger charge is -2.10. The van der Waals surface area contributed by atoms with E-state index in [2.05, 4.69) is 0 Å². The number of halogens is 1. The molecular weight excluding hydrogens is 233 g/mol. The minimum Gasteiger partial charge on any atom is -0.492 e. The van der Waals surface area contributed by atoms with E-state index in [9.17, 15) is 12.8 Å². The fourth-order valence-corrected chi connectivity index (χ4v) is 1.95. The molecule has 0 aliphatic carbocycles. The second-order valence-corrected chi connectivity index (χ2v) is 4.92. The molecule has 6 heteroatoms. The lowest BCUT2D eigenvalue weighted by Crippen LogP contribution is -2.14. The molecule has 0 fully saturated rings. The van der Waals surface area contributed by atoms with Crippen molar-refractivity contribution in [2.75, 3.05) is 13.3 Å². The summed E-state index contributed by atoms with van der Waals surface area (Å²) >= 11 is 0. The standard InChI is InChI=1S/C10H14FNO3S/c1-8-3-4-9(15-6-2-5-11)10(7-8)16(12,13)14/h3-4,7H,2,5-6H2,1H3,(H2,12,13,14). The second kappa shape index (κ2) is 5.27. The number of primary sulfonamides is 1. The number of aryl methyl sites for hydroxylation is 1. The van der Waals surface area contributed by atoms with Gasteiger partial charge in [-0.3, -0.25) is 4.39 Å². The van der Waals surface area contributed by atoms with E-state index in [-0.39, 0.29) is 23.7 Å². The van der Waals surface area contributed by atoms with Gasteiger partial charge in [-0.15, -0.1) is 0 Å². The Kier molecular flexibility index (Phi) is 4.26. The van der Waals surface area contributed by atoms with E-state index in [1.54, 1.807) is 13.0 Å². The Bertz CT molecular complexity index is 459. The largest absolute Gasteiger partial charge is 0.492 e. The molecule has 0 aliphatic rings. The molecule has 1 aromatic carbocycles. The lowest BCUT2D eigenvalue weighted by molar-refractivity contribution is 0.283. The van der Waals surface area contributed by atoms with Crippen LogP contribution in [0.5, 0.6) is 5.75 Å². The smallest absolute Gasteiger partial charge is 0.241 e. The van der Waals surface area contributed by atoms with Crippen LogP contribution in [0, 0.1) is 6.92 Å². The number of hydrogen-bond donors (Lipinski definition) is 1. The Balaban J connectivity index is 2.99. The average molecular weight is 247 g/mol. The van der Waals surface area contributed by atoms with Gasteiger partial charge < -0.3 is 4.74 Å². The van der Waals surface area contributed by atoms with E-state index in [0.29, 0.717) is 0 Å². The van der Waals surface area contributed by atoms with Gasteiger partial charge in [0.05, 0.1) is 13.3 Å². The molecular formula is C10H14FNO3S. The maximum absolute atomic E-state index is 11.9. The number of rotatable bonds is 5. The topological polar surface area (TPSA) is 69.4 Å². The van der Waals surface area contributed by atoms with E-state index in [4.69, 9.17) is 9.88 Å². The average Bonchev–Trinajstić information content (AvgIpc) is 2.19. The van der Waals surface area contributed by atoms with Crippen LogP contribution in [0.2, 0.25) is 0 Å². The number of nitrogens with two attached hydrogens (primary N) is 1. The van der Waals surface area contributed by atoms with Gasteiger partial charge in [-0.2, -0.15) is 0 Å². The normalized spacial score (nSPS) is 11.4.